The molecule has 6 heteroatoms. The minimum atomic E-state index is -4.49. The third-order valence-corrected chi connectivity index (χ3v) is 2.99. The number of aromatic nitrogens is 1. The first-order chi connectivity index (χ1) is 9.04. The SMILES string of the molecule is FC(F)(F)c1cc(-c2ccc3c(c2)CCCO3)on1. The van der Waals surface area contributed by atoms with Crippen molar-refractivity contribution < 1.29 is 22.4 Å². The van der Waals surface area contributed by atoms with Crippen LogP contribution >= 0.6 is 0 Å². The van der Waals surface area contributed by atoms with Gasteiger partial charge in [-0.15, -0.1) is 0 Å². The molecule has 2 aromatic rings. The summed E-state index contributed by atoms with van der Waals surface area (Å²) in [5.41, 5.74) is 0.539. The van der Waals surface area contributed by atoms with Gasteiger partial charge in [-0.05, 0) is 36.6 Å². The standard InChI is InChI=1S/C13H10F3NO2/c14-13(15,16)12-7-11(19-17-12)9-3-4-10-8(6-9)2-1-5-18-10/h3-4,6-7H,1-2,5H2. The number of alkyl halides is 3. The molecule has 0 saturated heterocycles. The van der Waals surface area contributed by atoms with Gasteiger partial charge in [-0.3, -0.25) is 0 Å². The zero-order valence-corrected chi connectivity index (χ0v) is 9.83. The van der Waals surface area contributed by atoms with Crippen LogP contribution in [0, 0.1) is 0 Å². The van der Waals surface area contributed by atoms with Gasteiger partial charge in [0, 0.05) is 11.6 Å². The Kier molecular flexibility index (Phi) is 2.73. The van der Waals surface area contributed by atoms with Gasteiger partial charge in [0.1, 0.15) is 5.75 Å². The summed E-state index contributed by atoms with van der Waals surface area (Å²) in [4.78, 5) is 0. The summed E-state index contributed by atoms with van der Waals surface area (Å²) >= 11 is 0. The normalized spacial score (nSPS) is 14.9. The number of halogens is 3. The van der Waals surface area contributed by atoms with Crippen molar-refractivity contribution in [2.24, 2.45) is 0 Å². The minimum Gasteiger partial charge on any atom is -0.493 e. The molecule has 0 spiro atoms. The molecule has 0 aliphatic carbocycles. The Morgan fingerprint density at radius 3 is 2.74 bits per heavy atom. The third kappa shape index (κ3) is 2.30. The van der Waals surface area contributed by atoms with Gasteiger partial charge in [0.15, 0.2) is 11.5 Å². The van der Waals surface area contributed by atoms with E-state index in [-0.39, 0.29) is 5.76 Å². The molecule has 0 atom stereocenters. The van der Waals surface area contributed by atoms with Crippen LogP contribution in [0.25, 0.3) is 11.3 Å². The molecule has 19 heavy (non-hydrogen) atoms. The van der Waals surface area contributed by atoms with Gasteiger partial charge in [0.25, 0.3) is 0 Å². The topological polar surface area (TPSA) is 35.3 Å². The average Bonchev–Trinajstić information content (AvgIpc) is 2.87. The Hall–Kier alpha value is -1.98. The minimum absolute atomic E-state index is 0.112. The maximum atomic E-state index is 12.4. The first kappa shape index (κ1) is 12.1. The molecule has 3 nitrogen and oxygen atoms in total. The van der Waals surface area contributed by atoms with Crippen LogP contribution in [-0.2, 0) is 12.6 Å². The summed E-state index contributed by atoms with van der Waals surface area (Å²) in [7, 11) is 0. The Labute approximate surface area is 107 Å². The van der Waals surface area contributed by atoms with Crippen LogP contribution in [0.1, 0.15) is 17.7 Å². The monoisotopic (exact) mass is 269 g/mol. The molecule has 3 rings (SSSR count). The van der Waals surface area contributed by atoms with Crippen molar-refractivity contribution in [3.05, 3.63) is 35.5 Å². The van der Waals surface area contributed by atoms with Crippen LogP contribution in [0.4, 0.5) is 13.2 Å². The number of rotatable bonds is 1. The second-order valence-corrected chi connectivity index (χ2v) is 4.35. The molecule has 0 bridgehead atoms. The van der Waals surface area contributed by atoms with Crippen molar-refractivity contribution in [3.63, 3.8) is 0 Å². The molecular formula is C13H10F3NO2. The van der Waals surface area contributed by atoms with Crippen molar-refractivity contribution in [2.75, 3.05) is 6.61 Å². The number of hydrogen-bond donors (Lipinski definition) is 0. The molecule has 0 radical (unpaired) electrons. The van der Waals surface area contributed by atoms with E-state index in [1.54, 1.807) is 18.2 Å². The van der Waals surface area contributed by atoms with E-state index in [1.165, 1.54) is 0 Å². The van der Waals surface area contributed by atoms with Crippen molar-refractivity contribution in [1.29, 1.82) is 0 Å². The molecular weight excluding hydrogens is 259 g/mol. The highest BCUT2D eigenvalue weighted by molar-refractivity contribution is 5.61. The van der Waals surface area contributed by atoms with Gasteiger partial charge >= 0.3 is 6.18 Å². The quantitative estimate of drug-likeness (QED) is 0.792. The molecule has 1 aliphatic heterocycles. The molecule has 0 fully saturated rings. The zero-order valence-electron chi connectivity index (χ0n) is 9.83. The van der Waals surface area contributed by atoms with E-state index >= 15 is 0 Å². The van der Waals surface area contributed by atoms with E-state index in [1.807, 2.05) is 0 Å². The van der Waals surface area contributed by atoms with E-state index in [9.17, 15) is 13.2 Å². The highest BCUT2D eigenvalue weighted by Gasteiger charge is 2.35. The predicted octanol–water partition coefficient (Wildman–Crippen LogP) is 3.69. The van der Waals surface area contributed by atoms with Crippen molar-refractivity contribution in [2.45, 2.75) is 19.0 Å². The van der Waals surface area contributed by atoms with E-state index in [0.717, 1.165) is 30.2 Å². The summed E-state index contributed by atoms with van der Waals surface area (Å²) in [5, 5.41) is 3.04. The van der Waals surface area contributed by atoms with E-state index < -0.39 is 11.9 Å². The molecule has 0 unspecified atom stereocenters. The second kappa shape index (κ2) is 4.29. The maximum absolute atomic E-state index is 12.4. The zero-order chi connectivity index (χ0) is 13.5. The lowest BCUT2D eigenvalue weighted by Gasteiger charge is -2.17. The van der Waals surface area contributed by atoms with Gasteiger partial charge < -0.3 is 9.26 Å². The van der Waals surface area contributed by atoms with Crippen LogP contribution in [0.3, 0.4) is 0 Å². The number of nitrogens with zero attached hydrogens (tertiary/aromatic N) is 1. The lowest BCUT2D eigenvalue weighted by Crippen LogP contribution is -2.07. The molecule has 2 heterocycles. The van der Waals surface area contributed by atoms with Gasteiger partial charge in [-0.25, -0.2) is 0 Å². The molecule has 0 N–H and O–H groups in total. The van der Waals surface area contributed by atoms with Crippen molar-refractivity contribution >= 4 is 0 Å². The number of fused-ring (bicyclic) bond motifs is 1. The number of hydrogen-bond acceptors (Lipinski definition) is 3. The Balaban J connectivity index is 1.96. The van der Waals surface area contributed by atoms with Gasteiger partial charge in [-0.2, -0.15) is 13.2 Å². The summed E-state index contributed by atoms with van der Waals surface area (Å²) in [6.45, 7) is 0.673. The van der Waals surface area contributed by atoms with Crippen molar-refractivity contribution in [3.8, 4) is 17.1 Å². The predicted molar refractivity (Wildman–Crippen MR) is 60.8 cm³/mol. The molecule has 100 valence electrons. The van der Waals surface area contributed by atoms with E-state index in [0.29, 0.717) is 12.2 Å². The van der Waals surface area contributed by atoms with Crippen LogP contribution in [0.15, 0.2) is 28.8 Å². The highest BCUT2D eigenvalue weighted by Crippen LogP contribution is 2.34. The van der Waals surface area contributed by atoms with Gasteiger partial charge in [0.05, 0.1) is 6.61 Å². The summed E-state index contributed by atoms with van der Waals surface area (Å²) in [6, 6.07) is 6.12. The lowest BCUT2D eigenvalue weighted by atomic mass is 10.0. The number of ether oxygens (including phenoxy) is 1. The third-order valence-electron chi connectivity index (χ3n) is 2.99. The summed E-state index contributed by atoms with van der Waals surface area (Å²) in [5.74, 6) is 0.895. The van der Waals surface area contributed by atoms with Gasteiger partial charge in [-0.1, -0.05) is 5.16 Å². The Bertz CT molecular complexity index is 604. The maximum Gasteiger partial charge on any atom is 0.436 e. The van der Waals surface area contributed by atoms with Crippen LogP contribution in [-0.4, -0.2) is 11.8 Å². The van der Waals surface area contributed by atoms with E-state index in [4.69, 9.17) is 9.26 Å². The highest BCUT2D eigenvalue weighted by atomic mass is 19.4. The molecule has 1 aromatic carbocycles. The number of benzene rings is 1. The van der Waals surface area contributed by atoms with Gasteiger partial charge in [0.2, 0.25) is 0 Å². The number of aryl methyl sites for hydroxylation is 1. The lowest BCUT2D eigenvalue weighted by molar-refractivity contribution is -0.142. The first-order valence-corrected chi connectivity index (χ1v) is 5.84. The van der Waals surface area contributed by atoms with Crippen LogP contribution in [0.5, 0.6) is 5.75 Å². The fourth-order valence-electron chi connectivity index (χ4n) is 2.06. The molecule has 1 aliphatic rings. The molecule has 0 saturated carbocycles. The second-order valence-electron chi connectivity index (χ2n) is 4.35. The summed E-state index contributed by atoms with van der Waals surface area (Å²) < 4.78 is 47.5. The largest absolute Gasteiger partial charge is 0.493 e. The fraction of sp³-hybridized carbons (Fsp3) is 0.308. The smallest absolute Gasteiger partial charge is 0.436 e. The Morgan fingerprint density at radius 2 is 2.00 bits per heavy atom. The average molecular weight is 269 g/mol. The van der Waals surface area contributed by atoms with E-state index in [2.05, 4.69) is 5.16 Å². The molecule has 1 aromatic heterocycles. The fourth-order valence-corrected chi connectivity index (χ4v) is 2.06. The first-order valence-electron chi connectivity index (χ1n) is 5.84. The summed E-state index contributed by atoms with van der Waals surface area (Å²) in [6.07, 6.45) is -2.73. The van der Waals surface area contributed by atoms with Crippen LogP contribution < -0.4 is 4.74 Å². The van der Waals surface area contributed by atoms with Crippen molar-refractivity contribution in [1.82, 2.24) is 5.16 Å². The van der Waals surface area contributed by atoms with Crippen LogP contribution in [0.2, 0.25) is 0 Å². The molecule has 0 amide bonds. The Morgan fingerprint density at radius 1 is 1.16 bits per heavy atom.